The fourth-order valence-electron chi connectivity index (χ4n) is 2.19. The minimum atomic E-state index is -0.641. The number of amides is 2. The van der Waals surface area contributed by atoms with Crippen LogP contribution in [-0.2, 0) is 14.4 Å². The molecule has 0 bridgehead atoms. The molecule has 0 aromatic rings. The lowest BCUT2D eigenvalue weighted by Gasteiger charge is -2.25. The molecule has 0 saturated carbocycles. The van der Waals surface area contributed by atoms with Crippen molar-refractivity contribution in [3.8, 4) is 0 Å². The van der Waals surface area contributed by atoms with Crippen molar-refractivity contribution in [2.45, 2.75) is 32.6 Å². The second-order valence-corrected chi connectivity index (χ2v) is 4.40. The third kappa shape index (κ3) is 3.40. The Morgan fingerprint density at radius 1 is 1.39 bits per heavy atom. The number of primary amides is 1. The van der Waals surface area contributed by atoms with Crippen molar-refractivity contribution in [1.82, 2.24) is 5.32 Å². The van der Waals surface area contributed by atoms with Crippen LogP contribution < -0.4 is 16.8 Å². The van der Waals surface area contributed by atoms with Crippen LogP contribution in [0.15, 0.2) is 11.3 Å². The van der Waals surface area contributed by atoms with E-state index in [1.165, 1.54) is 6.92 Å². The summed E-state index contributed by atoms with van der Waals surface area (Å²) >= 11 is 0. The van der Waals surface area contributed by atoms with Crippen LogP contribution in [0.1, 0.15) is 32.6 Å². The summed E-state index contributed by atoms with van der Waals surface area (Å²) in [7, 11) is 0. The Hall–Kier alpha value is -1.69. The molecule has 0 saturated heterocycles. The summed E-state index contributed by atoms with van der Waals surface area (Å²) in [5.41, 5.74) is 11.3. The summed E-state index contributed by atoms with van der Waals surface area (Å²) in [6.07, 6.45) is 2.09. The average molecular weight is 253 g/mol. The van der Waals surface area contributed by atoms with Gasteiger partial charge in [0.25, 0.3) is 0 Å². The van der Waals surface area contributed by atoms with Crippen LogP contribution in [0.2, 0.25) is 0 Å². The van der Waals surface area contributed by atoms with Crippen molar-refractivity contribution in [3.63, 3.8) is 0 Å². The maximum absolute atomic E-state index is 11.5. The lowest BCUT2D eigenvalue weighted by Crippen LogP contribution is -2.35. The quantitative estimate of drug-likeness (QED) is 0.617. The maximum atomic E-state index is 11.5. The molecule has 18 heavy (non-hydrogen) atoms. The first-order chi connectivity index (χ1) is 8.47. The van der Waals surface area contributed by atoms with Gasteiger partial charge in [0.2, 0.25) is 11.8 Å². The molecule has 6 heteroatoms. The first kappa shape index (κ1) is 14.4. The zero-order valence-corrected chi connectivity index (χ0v) is 10.5. The lowest BCUT2D eigenvalue weighted by molar-refractivity contribution is -0.123. The van der Waals surface area contributed by atoms with Gasteiger partial charge in [-0.05, 0) is 26.2 Å². The molecule has 0 fully saturated rings. The van der Waals surface area contributed by atoms with Gasteiger partial charge in [0.05, 0.1) is 0 Å². The summed E-state index contributed by atoms with van der Waals surface area (Å²) in [4.78, 5) is 34.4. The second-order valence-electron chi connectivity index (χ2n) is 4.40. The number of hydrogen-bond acceptors (Lipinski definition) is 4. The standard InChI is InChI=1S/C12H19N3O3/c1-7(16)8-3-2-4-9(11(8)12(14)18)15-10(17)5-6-13/h8H,2-6,13H2,1H3,(H2,14,18)(H,15,17). The van der Waals surface area contributed by atoms with Gasteiger partial charge in [0, 0.05) is 30.2 Å². The number of ketones is 1. The van der Waals surface area contributed by atoms with Crippen LogP contribution in [-0.4, -0.2) is 24.1 Å². The number of carbonyl (C=O) groups is 3. The number of rotatable bonds is 5. The number of Topliss-reactive ketones (excluding diaryl/α,β-unsaturated/α-hetero) is 1. The molecule has 0 radical (unpaired) electrons. The van der Waals surface area contributed by atoms with E-state index in [1.807, 2.05) is 0 Å². The molecular weight excluding hydrogens is 234 g/mol. The number of hydrogen-bond donors (Lipinski definition) is 3. The van der Waals surface area contributed by atoms with Crippen molar-refractivity contribution >= 4 is 17.6 Å². The normalized spacial score (nSPS) is 19.6. The van der Waals surface area contributed by atoms with Gasteiger partial charge in [0.1, 0.15) is 5.78 Å². The van der Waals surface area contributed by atoms with Crippen LogP contribution in [0.4, 0.5) is 0 Å². The first-order valence-corrected chi connectivity index (χ1v) is 6.00. The highest BCUT2D eigenvalue weighted by Gasteiger charge is 2.30. The number of nitrogens with one attached hydrogen (secondary N) is 1. The Bertz CT molecular complexity index is 401. The van der Waals surface area contributed by atoms with Crippen LogP contribution in [0.25, 0.3) is 0 Å². The minimum Gasteiger partial charge on any atom is -0.366 e. The third-order valence-corrected chi connectivity index (χ3v) is 3.01. The largest absolute Gasteiger partial charge is 0.366 e. The lowest BCUT2D eigenvalue weighted by atomic mass is 9.82. The molecular formula is C12H19N3O3. The summed E-state index contributed by atoms with van der Waals surface area (Å²) in [6, 6.07) is 0. The SMILES string of the molecule is CC(=O)C1CCCC(NC(=O)CCN)=C1C(N)=O. The summed E-state index contributed by atoms with van der Waals surface area (Å²) in [6.45, 7) is 1.67. The summed E-state index contributed by atoms with van der Waals surface area (Å²) in [5, 5.41) is 2.64. The molecule has 6 nitrogen and oxygen atoms in total. The molecule has 1 aliphatic carbocycles. The molecule has 0 heterocycles. The Kier molecular flexibility index (Phi) is 5.03. The fraction of sp³-hybridized carbons (Fsp3) is 0.583. The van der Waals surface area contributed by atoms with Gasteiger partial charge in [-0.15, -0.1) is 0 Å². The van der Waals surface area contributed by atoms with Crippen LogP contribution in [0, 0.1) is 5.92 Å². The van der Waals surface area contributed by atoms with Crippen LogP contribution >= 0.6 is 0 Å². The molecule has 1 rings (SSSR count). The van der Waals surface area contributed by atoms with Crippen LogP contribution in [0.5, 0.6) is 0 Å². The molecule has 5 N–H and O–H groups in total. The van der Waals surface area contributed by atoms with E-state index in [-0.39, 0.29) is 30.2 Å². The zero-order valence-electron chi connectivity index (χ0n) is 10.5. The minimum absolute atomic E-state index is 0.103. The predicted octanol–water partition coefficient (Wildman–Crippen LogP) is -0.420. The highest BCUT2D eigenvalue weighted by Crippen LogP contribution is 2.29. The van der Waals surface area contributed by atoms with E-state index in [4.69, 9.17) is 11.5 Å². The topological polar surface area (TPSA) is 115 Å². The van der Waals surface area contributed by atoms with Crippen molar-refractivity contribution < 1.29 is 14.4 Å². The average Bonchev–Trinajstić information content (AvgIpc) is 2.28. The Balaban J connectivity index is 3.00. The van der Waals surface area contributed by atoms with Gasteiger partial charge in [0.15, 0.2) is 0 Å². The highest BCUT2D eigenvalue weighted by atomic mass is 16.2. The van der Waals surface area contributed by atoms with Gasteiger partial charge >= 0.3 is 0 Å². The van der Waals surface area contributed by atoms with Crippen molar-refractivity contribution in [2.24, 2.45) is 17.4 Å². The van der Waals surface area contributed by atoms with E-state index < -0.39 is 11.8 Å². The first-order valence-electron chi connectivity index (χ1n) is 6.00. The van der Waals surface area contributed by atoms with Gasteiger partial charge in [-0.25, -0.2) is 0 Å². The van der Waals surface area contributed by atoms with E-state index in [2.05, 4.69) is 5.32 Å². The van der Waals surface area contributed by atoms with E-state index in [0.717, 1.165) is 6.42 Å². The summed E-state index contributed by atoms with van der Waals surface area (Å²) in [5.74, 6) is -1.49. The Labute approximate surface area is 106 Å². The molecule has 1 aliphatic rings. The molecule has 0 aliphatic heterocycles. The second kappa shape index (κ2) is 6.30. The molecule has 0 spiro atoms. The third-order valence-electron chi connectivity index (χ3n) is 3.01. The fourth-order valence-corrected chi connectivity index (χ4v) is 2.19. The predicted molar refractivity (Wildman–Crippen MR) is 66.1 cm³/mol. The molecule has 100 valence electrons. The highest BCUT2D eigenvalue weighted by molar-refractivity contribution is 6.00. The summed E-state index contributed by atoms with van der Waals surface area (Å²) < 4.78 is 0. The van der Waals surface area contributed by atoms with Crippen molar-refractivity contribution in [1.29, 1.82) is 0 Å². The maximum Gasteiger partial charge on any atom is 0.247 e. The van der Waals surface area contributed by atoms with Crippen LogP contribution in [0.3, 0.4) is 0 Å². The number of allylic oxidation sites excluding steroid dienone is 1. The van der Waals surface area contributed by atoms with E-state index in [0.29, 0.717) is 18.5 Å². The van der Waals surface area contributed by atoms with E-state index in [9.17, 15) is 14.4 Å². The molecule has 0 aromatic heterocycles. The van der Waals surface area contributed by atoms with Crippen molar-refractivity contribution in [2.75, 3.05) is 6.54 Å². The smallest absolute Gasteiger partial charge is 0.247 e. The monoisotopic (exact) mass is 253 g/mol. The number of carbonyl (C=O) groups excluding carboxylic acids is 3. The van der Waals surface area contributed by atoms with Gasteiger partial charge in [-0.2, -0.15) is 0 Å². The van der Waals surface area contributed by atoms with Gasteiger partial charge < -0.3 is 16.8 Å². The Morgan fingerprint density at radius 2 is 2.06 bits per heavy atom. The molecule has 0 aromatic carbocycles. The van der Waals surface area contributed by atoms with Crippen molar-refractivity contribution in [3.05, 3.63) is 11.3 Å². The van der Waals surface area contributed by atoms with E-state index >= 15 is 0 Å². The van der Waals surface area contributed by atoms with Gasteiger partial charge in [-0.3, -0.25) is 14.4 Å². The zero-order chi connectivity index (χ0) is 13.7. The molecule has 1 unspecified atom stereocenters. The number of nitrogens with two attached hydrogens (primary N) is 2. The molecule has 1 atom stereocenters. The van der Waals surface area contributed by atoms with Gasteiger partial charge in [-0.1, -0.05) is 0 Å². The Morgan fingerprint density at radius 3 is 2.56 bits per heavy atom. The molecule has 2 amide bonds. The van der Waals surface area contributed by atoms with E-state index in [1.54, 1.807) is 0 Å².